The zero-order chi connectivity index (χ0) is 21.2. The molecule has 0 aromatic carbocycles. The number of pyridine rings is 1. The first-order valence-electron chi connectivity index (χ1n) is 10.3. The smallest absolute Gasteiger partial charge is 0.242 e. The summed E-state index contributed by atoms with van der Waals surface area (Å²) in [5, 5.41) is 4.23. The Labute approximate surface area is 177 Å². The number of aromatic nitrogens is 2. The molecule has 0 saturated carbocycles. The summed E-state index contributed by atoms with van der Waals surface area (Å²) in [4.78, 5) is 24.9. The van der Waals surface area contributed by atoms with E-state index in [1.165, 1.54) is 4.88 Å². The maximum atomic E-state index is 12.4. The van der Waals surface area contributed by atoms with Gasteiger partial charge >= 0.3 is 0 Å². The number of rotatable bonds is 5. The van der Waals surface area contributed by atoms with Crippen LogP contribution in [0.5, 0.6) is 0 Å². The van der Waals surface area contributed by atoms with Crippen molar-refractivity contribution in [3.8, 4) is 0 Å². The first-order valence-corrected chi connectivity index (χ1v) is 11.1. The molecule has 29 heavy (non-hydrogen) atoms. The molecule has 3 N–H and O–H groups in total. The number of piperidine rings is 1. The van der Waals surface area contributed by atoms with Gasteiger partial charge in [0.05, 0.1) is 5.54 Å². The molecule has 0 atom stereocenters. The molecule has 3 heterocycles. The van der Waals surface area contributed by atoms with Gasteiger partial charge in [0.1, 0.15) is 5.82 Å². The lowest BCUT2D eigenvalue weighted by molar-refractivity contribution is -0.136. The van der Waals surface area contributed by atoms with Crippen molar-refractivity contribution in [2.75, 3.05) is 18.4 Å². The Balaban J connectivity index is 1.61. The molecule has 2 aromatic heterocycles. The highest BCUT2D eigenvalue weighted by Gasteiger charge is 2.31. The van der Waals surface area contributed by atoms with Crippen molar-refractivity contribution in [3.05, 3.63) is 35.0 Å². The summed E-state index contributed by atoms with van der Waals surface area (Å²) in [5.41, 5.74) is 6.47. The van der Waals surface area contributed by atoms with Crippen molar-refractivity contribution in [3.63, 3.8) is 0 Å². The summed E-state index contributed by atoms with van der Waals surface area (Å²) in [5.74, 6) is 1.20. The van der Waals surface area contributed by atoms with Crippen LogP contribution >= 0.6 is 11.3 Å². The number of amides is 1. The van der Waals surface area contributed by atoms with E-state index in [0.717, 1.165) is 49.0 Å². The third kappa shape index (κ3) is 6.00. The Bertz CT molecular complexity index is 841. The molecule has 0 aliphatic carbocycles. The highest BCUT2D eigenvalue weighted by atomic mass is 32.1. The molecule has 6 nitrogen and oxygen atoms in total. The second-order valence-corrected chi connectivity index (χ2v) is 10.8. The van der Waals surface area contributed by atoms with Crippen molar-refractivity contribution in [1.29, 1.82) is 0 Å². The van der Waals surface area contributed by atoms with E-state index in [-0.39, 0.29) is 11.3 Å². The van der Waals surface area contributed by atoms with Gasteiger partial charge in [-0.25, -0.2) is 9.97 Å². The van der Waals surface area contributed by atoms with Gasteiger partial charge < -0.3 is 16.0 Å². The van der Waals surface area contributed by atoms with Gasteiger partial charge in [-0.1, -0.05) is 26.8 Å². The first kappa shape index (κ1) is 21.7. The van der Waals surface area contributed by atoms with Gasteiger partial charge in [-0.15, -0.1) is 11.3 Å². The van der Waals surface area contributed by atoms with Crippen LogP contribution in [0, 0.1) is 5.41 Å². The molecule has 0 radical (unpaired) electrons. The third-order valence-electron chi connectivity index (χ3n) is 5.02. The van der Waals surface area contributed by atoms with E-state index in [1.807, 2.05) is 23.2 Å². The maximum absolute atomic E-state index is 12.4. The van der Waals surface area contributed by atoms with E-state index in [1.54, 1.807) is 25.2 Å². The minimum atomic E-state index is -0.811. The summed E-state index contributed by atoms with van der Waals surface area (Å²) in [6.07, 6.45) is 4.78. The fourth-order valence-corrected chi connectivity index (χ4v) is 4.73. The molecule has 0 spiro atoms. The maximum Gasteiger partial charge on any atom is 0.242 e. The number of carbonyl (C=O) groups is 1. The van der Waals surface area contributed by atoms with Gasteiger partial charge in [-0.05, 0) is 50.7 Å². The minimum absolute atomic E-state index is 0.0224. The van der Waals surface area contributed by atoms with Crippen LogP contribution in [-0.2, 0) is 11.2 Å². The molecule has 1 aliphatic heterocycles. The monoisotopic (exact) mass is 415 g/mol. The number of likely N-dealkylation sites (tertiary alicyclic amines) is 1. The van der Waals surface area contributed by atoms with Gasteiger partial charge in [-0.3, -0.25) is 4.79 Å². The van der Waals surface area contributed by atoms with Crippen molar-refractivity contribution >= 4 is 28.2 Å². The lowest BCUT2D eigenvalue weighted by atomic mass is 9.92. The van der Waals surface area contributed by atoms with Crippen LogP contribution < -0.4 is 11.1 Å². The summed E-state index contributed by atoms with van der Waals surface area (Å²) < 4.78 is 0. The van der Waals surface area contributed by atoms with Crippen LogP contribution in [0.25, 0.3) is 0 Å². The number of hydrogen-bond donors (Lipinski definition) is 2. The van der Waals surface area contributed by atoms with Crippen molar-refractivity contribution in [2.45, 2.75) is 65.3 Å². The van der Waals surface area contributed by atoms with E-state index < -0.39 is 5.54 Å². The van der Waals surface area contributed by atoms with Crippen LogP contribution in [0.3, 0.4) is 0 Å². The summed E-state index contributed by atoms with van der Waals surface area (Å²) in [6.45, 7) is 11.7. The third-order valence-corrected chi connectivity index (χ3v) is 5.93. The average Bonchev–Trinajstić information content (AvgIpc) is 3.05. The van der Waals surface area contributed by atoms with Gasteiger partial charge in [-0.2, -0.15) is 0 Å². The number of carbonyl (C=O) groups excluding carboxylic acids is 1. The molecule has 1 amide bonds. The Kier molecular flexibility index (Phi) is 6.29. The zero-order valence-corrected chi connectivity index (χ0v) is 19.0. The Morgan fingerprint density at radius 1 is 1.24 bits per heavy atom. The molecule has 0 unspecified atom stereocenters. The highest BCUT2D eigenvalue weighted by Crippen LogP contribution is 2.30. The first-order chi connectivity index (χ1) is 13.5. The molecular weight excluding hydrogens is 382 g/mol. The second kappa shape index (κ2) is 8.40. The van der Waals surface area contributed by atoms with Crippen LogP contribution in [0.1, 0.15) is 63.9 Å². The van der Waals surface area contributed by atoms with Crippen molar-refractivity contribution in [2.24, 2.45) is 11.1 Å². The molecule has 1 saturated heterocycles. The normalized spacial score (nSPS) is 16.1. The highest BCUT2D eigenvalue weighted by molar-refractivity contribution is 7.15. The van der Waals surface area contributed by atoms with Crippen LogP contribution in [-0.4, -0.2) is 39.4 Å². The molecule has 2 aromatic rings. The lowest BCUT2D eigenvalue weighted by Gasteiger charge is -2.35. The predicted octanol–water partition coefficient (Wildman–Crippen LogP) is 4.31. The fraction of sp³-hybridized carbons (Fsp3) is 0.591. The predicted molar refractivity (Wildman–Crippen MR) is 120 cm³/mol. The zero-order valence-electron chi connectivity index (χ0n) is 18.2. The fourth-order valence-electron chi connectivity index (χ4n) is 3.61. The summed E-state index contributed by atoms with van der Waals surface area (Å²) in [6, 6.07) is 6.09. The van der Waals surface area contributed by atoms with E-state index in [2.05, 4.69) is 37.1 Å². The molecule has 1 fully saturated rings. The SMILES string of the molecule is CC(C)(C)Cc1cnc(Nc2cccc(C3CCN(C(=O)C(C)(C)N)CC3)n2)s1. The standard InChI is InChI=1S/C22H33N5OS/c1-21(2,3)13-16-14-24-20(29-16)26-18-8-6-7-17(25-18)15-9-11-27(12-10-15)19(28)22(4,5)23/h6-8,14-15H,9-13,23H2,1-5H3,(H,24,25,26). The van der Waals surface area contributed by atoms with E-state index in [4.69, 9.17) is 10.7 Å². The number of thiazole rings is 1. The van der Waals surface area contributed by atoms with Gasteiger partial charge in [0.2, 0.25) is 5.91 Å². The molecule has 7 heteroatoms. The molecule has 0 bridgehead atoms. The van der Waals surface area contributed by atoms with E-state index >= 15 is 0 Å². The van der Waals surface area contributed by atoms with Gasteiger partial charge in [0.15, 0.2) is 5.13 Å². The Hall–Kier alpha value is -1.99. The molecule has 3 rings (SSSR count). The summed E-state index contributed by atoms with van der Waals surface area (Å²) >= 11 is 1.68. The van der Waals surface area contributed by atoms with Crippen molar-refractivity contribution in [1.82, 2.24) is 14.9 Å². The molecule has 1 aliphatic rings. The van der Waals surface area contributed by atoms with Crippen molar-refractivity contribution < 1.29 is 4.79 Å². The second-order valence-electron chi connectivity index (χ2n) is 9.73. The van der Waals surface area contributed by atoms with Crippen LogP contribution in [0.15, 0.2) is 24.4 Å². The number of nitrogens with zero attached hydrogens (tertiary/aromatic N) is 3. The van der Waals surface area contributed by atoms with Gasteiger partial charge in [0, 0.05) is 35.8 Å². The minimum Gasteiger partial charge on any atom is -0.341 e. The Morgan fingerprint density at radius 2 is 1.93 bits per heavy atom. The quantitative estimate of drug-likeness (QED) is 0.760. The van der Waals surface area contributed by atoms with E-state index in [0.29, 0.717) is 5.92 Å². The largest absolute Gasteiger partial charge is 0.341 e. The van der Waals surface area contributed by atoms with Crippen LogP contribution in [0.4, 0.5) is 10.9 Å². The van der Waals surface area contributed by atoms with Crippen LogP contribution in [0.2, 0.25) is 0 Å². The number of nitrogens with one attached hydrogen (secondary N) is 1. The number of anilines is 2. The molecular formula is C22H33N5OS. The Morgan fingerprint density at radius 3 is 2.55 bits per heavy atom. The number of hydrogen-bond acceptors (Lipinski definition) is 6. The topological polar surface area (TPSA) is 84.1 Å². The summed E-state index contributed by atoms with van der Waals surface area (Å²) in [7, 11) is 0. The lowest BCUT2D eigenvalue weighted by Crippen LogP contribution is -2.53. The number of nitrogens with two attached hydrogens (primary N) is 1. The van der Waals surface area contributed by atoms with Gasteiger partial charge in [0.25, 0.3) is 0 Å². The average molecular weight is 416 g/mol. The molecule has 158 valence electrons. The van der Waals surface area contributed by atoms with E-state index in [9.17, 15) is 4.79 Å².